The molecule has 100 valence electrons. The molecule has 2 heterocycles. The van der Waals surface area contributed by atoms with E-state index in [9.17, 15) is 0 Å². The van der Waals surface area contributed by atoms with E-state index in [2.05, 4.69) is 16.7 Å². The Morgan fingerprint density at radius 1 is 1.24 bits per heavy atom. The second kappa shape index (κ2) is 6.72. The molecule has 3 heteroatoms. The molecule has 2 rings (SSSR count). The summed E-state index contributed by atoms with van der Waals surface area (Å²) in [4.78, 5) is 5.40. The summed E-state index contributed by atoms with van der Waals surface area (Å²) in [6.07, 6.45) is 6.76. The highest BCUT2D eigenvalue weighted by atomic mass is 15.3. The lowest BCUT2D eigenvalue weighted by Gasteiger charge is -2.44. The third-order valence-corrected chi connectivity index (χ3v) is 4.39. The molecule has 2 unspecified atom stereocenters. The fourth-order valence-electron chi connectivity index (χ4n) is 3.38. The van der Waals surface area contributed by atoms with Crippen molar-refractivity contribution in [2.45, 2.75) is 45.1 Å². The maximum atomic E-state index is 5.58. The molecule has 0 saturated carbocycles. The van der Waals surface area contributed by atoms with Crippen LogP contribution in [0.3, 0.4) is 0 Å². The van der Waals surface area contributed by atoms with Gasteiger partial charge in [0.15, 0.2) is 0 Å². The van der Waals surface area contributed by atoms with Crippen LogP contribution in [0.2, 0.25) is 0 Å². The smallest absolute Gasteiger partial charge is 0.0223 e. The van der Waals surface area contributed by atoms with Gasteiger partial charge in [-0.15, -0.1) is 0 Å². The van der Waals surface area contributed by atoms with E-state index in [-0.39, 0.29) is 0 Å². The quantitative estimate of drug-likeness (QED) is 0.790. The molecule has 2 fully saturated rings. The molecule has 0 spiro atoms. The number of fused-ring (bicyclic) bond motifs is 1. The van der Waals surface area contributed by atoms with Crippen molar-refractivity contribution in [3.8, 4) is 0 Å². The normalized spacial score (nSPS) is 28.9. The average Bonchev–Trinajstić information content (AvgIpc) is 2.36. The van der Waals surface area contributed by atoms with Crippen molar-refractivity contribution >= 4 is 0 Å². The largest absolute Gasteiger partial charge is 0.330 e. The highest BCUT2D eigenvalue weighted by Gasteiger charge is 2.28. The van der Waals surface area contributed by atoms with Gasteiger partial charge in [0, 0.05) is 32.2 Å². The number of hydrogen-bond donors (Lipinski definition) is 1. The Hall–Kier alpha value is -0.120. The highest BCUT2D eigenvalue weighted by molar-refractivity contribution is 4.85. The molecule has 2 N–H and O–H groups in total. The van der Waals surface area contributed by atoms with Gasteiger partial charge in [0.25, 0.3) is 0 Å². The van der Waals surface area contributed by atoms with Gasteiger partial charge in [-0.25, -0.2) is 0 Å². The summed E-state index contributed by atoms with van der Waals surface area (Å²) >= 11 is 0. The Morgan fingerprint density at radius 3 is 2.94 bits per heavy atom. The molecular formula is C14H29N3. The number of nitrogens with two attached hydrogens (primary N) is 1. The zero-order chi connectivity index (χ0) is 12.1. The van der Waals surface area contributed by atoms with E-state index in [0.29, 0.717) is 0 Å². The SMILES string of the molecule is CC(CCCN)CN1CCN2CCCCC2C1. The lowest BCUT2D eigenvalue weighted by molar-refractivity contribution is 0.0423. The van der Waals surface area contributed by atoms with Gasteiger partial charge >= 0.3 is 0 Å². The van der Waals surface area contributed by atoms with Crippen LogP contribution in [0.25, 0.3) is 0 Å². The average molecular weight is 239 g/mol. The van der Waals surface area contributed by atoms with E-state index >= 15 is 0 Å². The summed E-state index contributed by atoms with van der Waals surface area (Å²) < 4.78 is 0. The number of piperazine rings is 1. The van der Waals surface area contributed by atoms with Crippen molar-refractivity contribution < 1.29 is 0 Å². The van der Waals surface area contributed by atoms with Crippen LogP contribution >= 0.6 is 0 Å². The fraction of sp³-hybridized carbons (Fsp3) is 1.00. The standard InChI is InChI=1S/C14H29N3/c1-13(5-4-7-15)11-16-9-10-17-8-3-2-6-14(17)12-16/h13-14H,2-12,15H2,1H3. The van der Waals surface area contributed by atoms with Crippen LogP contribution in [0.4, 0.5) is 0 Å². The minimum atomic E-state index is 0.814. The minimum absolute atomic E-state index is 0.814. The first-order valence-corrected chi connectivity index (χ1v) is 7.46. The third kappa shape index (κ3) is 3.94. The van der Waals surface area contributed by atoms with E-state index in [0.717, 1.165) is 18.5 Å². The van der Waals surface area contributed by atoms with Gasteiger partial charge in [-0.1, -0.05) is 13.3 Å². The van der Waals surface area contributed by atoms with Crippen molar-refractivity contribution in [1.29, 1.82) is 0 Å². The highest BCUT2D eigenvalue weighted by Crippen LogP contribution is 2.22. The van der Waals surface area contributed by atoms with Gasteiger partial charge < -0.3 is 10.6 Å². The predicted octanol–water partition coefficient (Wildman–Crippen LogP) is 1.53. The van der Waals surface area contributed by atoms with Crippen molar-refractivity contribution in [1.82, 2.24) is 9.80 Å². The summed E-state index contributed by atoms with van der Waals surface area (Å²) in [5, 5.41) is 0. The molecule has 0 bridgehead atoms. The van der Waals surface area contributed by atoms with Gasteiger partial charge in [0.1, 0.15) is 0 Å². The van der Waals surface area contributed by atoms with Crippen LogP contribution in [-0.2, 0) is 0 Å². The summed E-state index contributed by atoms with van der Waals surface area (Å²) in [6.45, 7) is 9.75. The van der Waals surface area contributed by atoms with Crippen molar-refractivity contribution in [3.63, 3.8) is 0 Å². The van der Waals surface area contributed by atoms with Crippen LogP contribution in [0.1, 0.15) is 39.0 Å². The van der Waals surface area contributed by atoms with Crippen LogP contribution in [0.5, 0.6) is 0 Å². The molecule has 0 aliphatic carbocycles. The molecule has 3 nitrogen and oxygen atoms in total. The molecule has 0 aromatic carbocycles. The molecule has 2 aliphatic heterocycles. The van der Waals surface area contributed by atoms with Gasteiger partial charge in [-0.3, -0.25) is 4.90 Å². The van der Waals surface area contributed by atoms with Gasteiger partial charge in [0.05, 0.1) is 0 Å². The van der Waals surface area contributed by atoms with Crippen LogP contribution in [0.15, 0.2) is 0 Å². The molecule has 0 aromatic heterocycles. The zero-order valence-electron chi connectivity index (χ0n) is 11.4. The molecule has 2 atom stereocenters. The predicted molar refractivity (Wildman–Crippen MR) is 73.1 cm³/mol. The fourth-order valence-corrected chi connectivity index (χ4v) is 3.38. The molecule has 0 amide bonds. The monoisotopic (exact) mass is 239 g/mol. The first-order chi connectivity index (χ1) is 8.29. The molecule has 0 radical (unpaired) electrons. The molecule has 2 aliphatic rings. The zero-order valence-corrected chi connectivity index (χ0v) is 11.4. The molecular weight excluding hydrogens is 210 g/mol. The lowest BCUT2D eigenvalue weighted by Crippen LogP contribution is -2.55. The van der Waals surface area contributed by atoms with Crippen molar-refractivity contribution in [3.05, 3.63) is 0 Å². The Morgan fingerprint density at radius 2 is 2.12 bits per heavy atom. The van der Waals surface area contributed by atoms with Gasteiger partial charge in [-0.05, 0) is 44.7 Å². The van der Waals surface area contributed by atoms with Crippen molar-refractivity contribution in [2.75, 3.05) is 39.3 Å². The Balaban J connectivity index is 1.71. The van der Waals surface area contributed by atoms with Crippen LogP contribution in [-0.4, -0.2) is 55.1 Å². The van der Waals surface area contributed by atoms with Crippen molar-refractivity contribution in [2.24, 2.45) is 11.7 Å². The van der Waals surface area contributed by atoms with E-state index in [1.165, 1.54) is 64.8 Å². The summed E-state index contributed by atoms with van der Waals surface area (Å²) in [7, 11) is 0. The molecule has 2 saturated heterocycles. The number of hydrogen-bond acceptors (Lipinski definition) is 3. The third-order valence-electron chi connectivity index (χ3n) is 4.39. The maximum absolute atomic E-state index is 5.58. The van der Waals surface area contributed by atoms with E-state index in [4.69, 9.17) is 5.73 Å². The lowest BCUT2D eigenvalue weighted by atomic mass is 9.98. The summed E-state index contributed by atoms with van der Waals surface area (Å²) in [6, 6.07) is 0.860. The topological polar surface area (TPSA) is 32.5 Å². The molecule has 17 heavy (non-hydrogen) atoms. The first-order valence-electron chi connectivity index (χ1n) is 7.46. The van der Waals surface area contributed by atoms with Crippen LogP contribution in [0, 0.1) is 5.92 Å². The van der Waals surface area contributed by atoms with Gasteiger partial charge in [-0.2, -0.15) is 0 Å². The first kappa shape index (κ1) is 13.3. The summed E-state index contributed by atoms with van der Waals surface area (Å²) in [5.41, 5.74) is 5.58. The second-order valence-corrected chi connectivity index (χ2v) is 5.98. The number of rotatable bonds is 5. The van der Waals surface area contributed by atoms with E-state index in [1.807, 2.05) is 0 Å². The van der Waals surface area contributed by atoms with E-state index < -0.39 is 0 Å². The minimum Gasteiger partial charge on any atom is -0.330 e. The van der Waals surface area contributed by atoms with Gasteiger partial charge in [0.2, 0.25) is 0 Å². The number of piperidine rings is 1. The Bertz CT molecular complexity index is 220. The Labute approximate surface area is 106 Å². The second-order valence-electron chi connectivity index (χ2n) is 5.98. The van der Waals surface area contributed by atoms with Crippen LogP contribution < -0.4 is 5.73 Å². The Kier molecular flexibility index (Phi) is 5.26. The molecule has 0 aromatic rings. The maximum Gasteiger partial charge on any atom is 0.0223 e. The van der Waals surface area contributed by atoms with E-state index in [1.54, 1.807) is 0 Å². The number of nitrogens with zero attached hydrogens (tertiary/aromatic N) is 2. The summed E-state index contributed by atoms with van der Waals surface area (Å²) in [5.74, 6) is 0.814.